The molecule has 0 amide bonds. The van der Waals surface area contributed by atoms with Crippen LogP contribution < -0.4 is 10.6 Å². The first-order chi connectivity index (χ1) is 12.1. The minimum absolute atomic E-state index is 0.0576. The summed E-state index contributed by atoms with van der Waals surface area (Å²) in [6.45, 7) is 4.29. The number of anilines is 2. The fourth-order valence-corrected chi connectivity index (χ4v) is 4.22. The smallest absolute Gasteiger partial charge is 0.309 e. The fourth-order valence-electron chi connectivity index (χ4n) is 2.85. The molecule has 5 nitrogen and oxygen atoms in total. The minimum Gasteiger partial charge on any atom is -0.466 e. The zero-order valence-electron chi connectivity index (χ0n) is 14.3. The summed E-state index contributed by atoms with van der Waals surface area (Å²) in [5, 5.41) is 7.63. The molecule has 0 radical (unpaired) electrons. The number of nitrogens with one attached hydrogen (secondary N) is 2. The van der Waals surface area contributed by atoms with Crippen LogP contribution in [0.1, 0.15) is 29.5 Å². The molecule has 2 aromatic rings. The Morgan fingerprint density at radius 1 is 1.40 bits per heavy atom. The lowest BCUT2D eigenvalue weighted by molar-refractivity contribution is -0.148. The number of hydrogen-bond acceptors (Lipinski definition) is 5. The third kappa shape index (κ3) is 4.35. The van der Waals surface area contributed by atoms with E-state index in [4.69, 9.17) is 17.0 Å². The molecule has 1 aromatic carbocycles. The first kappa shape index (κ1) is 17.8. The number of thiazole rings is 1. The van der Waals surface area contributed by atoms with Crippen LogP contribution in [0.2, 0.25) is 0 Å². The standard InChI is InChI=1S/C18H21N3O2S2/c1-3-23-16(22)12-8-9-14-15(10-12)25-18(20-14)21-17(24)19-13-7-5-4-6-11(13)2/h4-7,12H,3,8-10H2,1-2H3,(H2,19,20,21,24). The van der Waals surface area contributed by atoms with Crippen LogP contribution in [-0.4, -0.2) is 22.7 Å². The lowest BCUT2D eigenvalue weighted by atomic mass is 9.91. The summed E-state index contributed by atoms with van der Waals surface area (Å²) < 4.78 is 5.14. The monoisotopic (exact) mass is 375 g/mol. The maximum absolute atomic E-state index is 11.9. The Kier molecular flexibility index (Phi) is 5.65. The van der Waals surface area contributed by atoms with Crippen molar-refractivity contribution in [2.45, 2.75) is 33.1 Å². The van der Waals surface area contributed by atoms with Crippen molar-refractivity contribution < 1.29 is 9.53 Å². The summed E-state index contributed by atoms with van der Waals surface area (Å²) in [4.78, 5) is 17.7. The SMILES string of the molecule is CCOC(=O)C1CCc2nc(NC(=S)Nc3ccccc3C)sc2C1. The molecule has 1 aliphatic carbocycles. The predicted molar refractivity (Wildman–Crippen MR) is 105 cm³/mol. The van der Waals surface area contributed by atoms with Gasteiger partial charge in [0, 0.05) is 10.6 Å². The maximum Gasteiger partial charge on any atom is 0.309 e. The first-order valence-electron chi connectivity index (χ1n) is 8.35. The molecule has 2 N–H and O–H groups in total. The first-order valence-corrected chi connectivity index (χ1v) is 9.58. The van der Waals surface area contributed by atoms with E-state index in [1.165, 1.54) is 0 Å². The molecule has 7 heteroatoms. The summed E-state index contributed by atoms with van der Waals surface area (Å²) in [6, 6.07) is 7.98. The number of benzene rings is 1. The average molecular weight is 376 g/mol. The Morgan fingerprint density at radius 3 is 2.96 bits per heavy atom. The van der Waals surface area contributed by atoms with Crippen LogP contribution in [-0.2, 0) is 22.4 Å². The number of ether oxygens (including phenoxy) is 1. The van der Waals surface area contributed by atoms with Crippen molar-refractivity contribution in [3.8, 4) is 0 Å². The molecule has 0 fully saturated rings. The van der Waals surface area contributed by atoms with Gasteiger partial charge in [0.05, 0.1) is 18.2 Å². The molecule has 0 saturated heterocycles. The zero-order valence-corrected chi connectivity index (χ0v) is 15.9. The quantitative estimate of drug-likeness (QED) is 0.624. The van der Waals surface area contributed by atoms with Gasteiger partial charge in [0.2, 0.25) is 0 Å². The van der Waals surface area contributed by atoms with Crippen LogP contribution in [0.4, 0.5) is 10.8 Å². The largest absolute Gasteiger partial charge is 0.466 e. The highest BCUT2D eigenvalue weighted by molar-refractivity contribution is 7.80. The Bertz CT molecular complexity index is 788. The molecule has 1 atom stereocenters. The number of aromatic nitrogens is 1. The topological polar surface area (TPSA) is 63.2 Å². The molecule has 0 spiro atoms. The molecule has 0 aliphatic heterocycles. The average Bonchev–Trinajstić information content (AvgIpc) is 2.98. The molecular formula is C18H21N3O2S2. The van der Waals surface area contributed by atoms with E-state index in [2.05, 4.69) is 15.6 Å². The summed E-state index contributed by atoms with van der Waals surface area (Å²) in [5.74, 6) is -0.161. The van der Waals surface area contributed by atoms with E-state index >= 15 is 0 Å². The number of esters is 1. The number of fused-ring (bicyclic) bond motifs is 1. The van der Waals surface area contributed by atoms with Crippen molar-refractivity contribution in [1.29, 1.82) is 0 Å². The summed E-state index contributed by atoms with van der Waals surface area (Å²) in [5.41, 5.74) is 3.16. The van der Waals surface area contributed by atoms with Gasteiger partial charge in [-0.25, -0.2) is 4.98 Å². The van der Waals surface area contributed by atoms with Crippen molar-refractivity contribution in [2.75, 3.05) is 17.2 Å². The van der Waals surface area contributed by atoms with Crippen LogP contribution in [0.3, 0.4) is 0 Å². The van der Waals surface area contributed by atoms with Crippen LogP contribution in [0, 0.1) is 12.8 Å². The highest BCUT2D eigenvalue weighted by atomic mass is 32.1. The molecule has 1 aliphatic rings. The van der Waals surface area contributed by atoms with Gasteiger partial charge in [-0.1, -0.05) is 18.2 Å². The Morgan fingerprint density at radius 2 is 2.20 bits per heavy atom. The Hall–Kier alpha value is -1.99. The van der Waals surface area contributed by atoms with Crippen LogP contribution in [0.15, 0.2) is 24.3 Å². The van der Waals surface area contributed by atoms with Gasteiger partial charge in [0.25, 0.3) is 0 Å². The van der Waals surface area contributed by atoms with E-state index in [-0.39, 0.29) is 11.9 Å². The number of carbonyl (C=O) groups is 1. The van der Waals surface area contributed by atoms with Crippen LogP contribution in [0.25, 0.3) is 0 Å². The van der Waals surface area contributed by atoms with E-state index < -0.39 is 0 Å². The lowest BCUT2D eigenvalue weighted by Gasteiger charge is -2.18. The van der Waals surface area contributed by atoms with E-state index in [1.807, 2.05) is 38.1 Å². The lowest BCUT2D eigenvalue weighted by Crippen LogP contribution is -2.24. The predicted octanol–water partition coefficient (Wildman–Crippen LogP) is 3.93. The molecule has 0 bridgehead atoms. The second-order valence-electron chi connectivity index (χ2n) is 5.97. The van der Waals surface area contributed by atoms with Gasteiger partial charge in [0.15, 0.2) is 10.2 Å². The molecule has 3 rings (SSSR count). The van der Waals surface area contributed by atoms with Crippen LogP contribution in [0.5, 0.6) is 0 Å². The van der Waals surface area contributed by atoms with E-state index in [0.29, 0.717) is 18.1 Å². The maximum atomic E-state index is 11.9. The summed E-state index contributed by atoms with van der Waals surface area (Å²) in [6.07, 6.45) is 2.29. The molecule has 1 heterocycles. The highest BCUT2D eigenvalue weighted by Gasteiger charge is 2.28. The van der Waals surface area contributed by atoms with Gasteiger partial charge in [-0.3, -0.25) is 4.79 Å². The number of thiocarbonyl (C=S) groups is 1. The number of hydrogen-bond donors (Lipinski definition) is 2. The number of nitrogens with zero attached hydrogens (tertiary/aromatic N) is 1. The summed E-state index contributed by atoms with van der Waals surface area (Å²) in [7, 11) is 0. The number of aryl methyl sites for hydroxylation is 2. The molecule has 25 heavy (non-hydrogen) atoms. The van der Waals surface area contributed by atoms with Gasteiger partial charge >= 0.3 is 5.97 Å². The van der Waals surface area contributed by atoms with Gasteiger partial charge in [-0.2, -0.15) is 0 Å². The zero-order chi connectivity index (χ0) is 17.8. The van der Waals surface area contributed by atoms with E-state index in [1.54, 1.807) is 11.3 Å². The molecule has 0 saturated carbocycles. The van der Waals surface area contributed by atoms with Gasteiger partial charge < -0.3 is 15.4 Å². The van der Waals surface area contributed by atoms with Gasteiger partial charge in [0.1, 0.15) is 0 Å². The highest BCUT2D eigenvalue weighted by Crippen LogP contribution is 2.33. The third-order valence-corrected chi connectivity index (χ3v) is 5.41. The van der Waals surface area contributed by atoms with Gasteiger partial charge in [-0.15, -0.1) is 11.3 Å². The van der Waals surface area contributed by atoms with Crippen molar-refractivity contribution in [3.05, 3.63) is 40.4 Å². The van der Waals surface area contributed by atoms with Crippen LogP contribution >= 0.6 is 23.6 Å². The third-order valence-electron chi connectivity index (χ3n) is 4.17. The summed E-state index contributed by atoms with van der Waals surface area (Å²) >= 11 is 6.95. The van der Waals surface area contributed by atoms with Crippen molar-refractivity contribution in [3.63, 3.8) is 0 Å². The van der Waals surface area contributed by atoms with Crippen molar-refractivity contribution in [1.82, 2.24) is 4.98 Å². The Labute approximate surface area is 156 Å². The normalized spacial score (nSPS) is 16.0. The molecular weight excluding hydrogens is 354 g/mol. The number of para-hydroxylation sites is 1. The molecule has 1 unspecified atom stereocenters. The fraction of sp³-hybridized carbons (Fsp3) is 0.389. The molecule has 1 aromatic heterocycles. The second-order valence-corrected chi connectivity index (χ2v) is 7.47. The second kappa shape index (κ2) is 7.93. The van der Waals surface area contributed by atoms with Crippen molar-refractivity contribution in [2.24, 2.45) is 5.92 Å². The Balaban J connectivity index is 1.63. The van der Waals surface area contributed by atoms with E-state index in [9.17, 15) is 4.79 Å². The molecule has 132 valence electrons. The van der Waals surface area contributed by atoms with Crippen molar-refractivity contribution >= 4 is 45.5 Å². The van der Waals surface area contributed by atoms with Gasteiger partial charge in [-0.05, 0) is 57.0 Å². The number of rotatable bonds is 4. The van der Waals surface area contributed by atoms with E-state index in [0.717, 1.165) is 39.8 Å². The minimum atomic E-state index is -0.104. The number of carbonyl (C=O) groups excluding carboxylic acids is 1.